The van der Waals surface area contributed by atoms with Gasteiger partial charge in [-0.2, -0.15) is 5.10 Å². The van der Waals surface area contributed by atoms with Crippen LogP contribution in [0.25, 0.3) is 11.3 Å². The van der Waals surface area contributed by atoms with E-state index in [-0.39, 0.29) is 5.82 Å². The van der Waals surface area contributed by atoms with E-state index in [1.54, 1.807) is 36.1 Å². The molecule has 0 fully saturated rings. The van der Waals surface area contributed by atoms with Gasteiger partial charge in [-0.05, 0) is 24.3 Å². The monoisotopic (exact) mass is 191 g/mol. The molecule has 1 aromatic heterocycles. The zero-order valence-corrected chi connectivity index (χ0v) is 7.74. The third kappa shape index (κ3) is 1.46. The average molecular weight is 191 g/mol. The summed E-state index contributed by atoms with van der Waals surface area (Å²) in [6.45, 7) is 0. The Hall–Kier alpha value is -1.84. The fraction of sp³-hybridized carbons (Fsp3) is 0.100. The van der Waals surface area contributed by atoms with Gasteiger partial charge >= 0.3 is 0 Å². The SMILES string of the molecule is Cn1ccc(-c2ccc(N)cc2F)n1. The molecule has 2 N–H and O–H groups in total. The Labute approximate surface area is 81.0 Å². The third-order valence-corrected chi connectivity index (χ3v) is 1.98. The number of nitrogens with zero attached hydrogens (tertiary/aromatic N) is 2. The van der Waals surface area contributed by atoms with Crippen LogP contribution >= 0.6 is 0 Å². The second kappa shape index (κ2) is 3.14. The number of nitrogens with two attached hydrogens (primary N) is 1. The lowest BCUT2D eigenvalue weighted by Crippen LogP contribution is -1.91. The molecule has 0 saturated carbocycles. The molecule has 1 aromatic carbocycles. The Kier molecular flexibility index (Phi) is 1.96. The summed E-state index contributed by atoms with van der Waals surface area (Å²) in [5.74, 6) is -0.344. The standard InChI is InChI=1S/C10H10FN3/c1-14-5-4-10(13-14)8-3-2-7(12)6-9(8)11/h2-6H,12H2,1H3. The molecule has 0 bridgehead atoms. The number of nitrogen functional groups attached to an aromatic ring is 1. The van der Waals surface area contributed by atoms with Crippen molar-refractivity contribution in [1.82, 2.24) is 9.78 Å². The van der Waals surface area contributed by atoms with Gasteiger partial charge in [-0.25, -0.2) is 4.39 Å². The van der Waals surface area contributed by atoms with E-state index in [1.807, 2.05) is 0 Å². The first-order valence-electron chi connectivity index (χ1n) is 4.22. The van der Waals surface area contributed by atoms with E-state index in [4.69, 9.17) is 5.73 Å². The molecule has 0 unspecified atom stereocenters. The van der Waals surface area contributed by atoms with Crippen LogP contribution in [0.2, 0.25) is 0 Å². The number of hydrogen-bond donors (Lipinski definition) is 1. The van der Waals surface area contributed by atoms with Crippen LogP contribution in [0.5, 0.6) is 0 Å². The van der Waals surface area contributed by atoms with Crippen molar-refractivity contribution in [3.8, 4) is 11.3 Å². The molecule has 4 heteroatoms. The maximum Gasteiger partial charge on any atom is 0.134 e. The Morgan fingerprint density at radius 2 is 2.14 bits per heavy atom. The normalized spacial score (nSPS) is 10.4. The maximum atomic E-state index is 13.4. The third-order valence-electron chi connectivity index (χ3n) is 1.98. The molecule has 0 radical (unpaired) electrons. The predicted molar refractivity (Wildman–Crippen MR) is 53.0 cm³/mol. The van der Waals surface area contributed by atoms with Gasteiger partial charge in [-0.15, -0.1) is 0 Å². The molecule has 72 valence electrons. The van der Waals surface area contributed by atoms with Crippen molar-refractivity contribution in [2.75, 3.05) is 5.73 Å². The van der Waals surface area contributed by atoms with Crippen LogP contribution in [0.1, 0.15) is 0 Å². The molecule has 0 atom stereocenters. The number of hydrogen-bond acceptors (Lipinski definition) is 2. The molecule has 2 rings (SSSR count). The average Bonchev–Trinajstić information content (AvgIpc) is 2.51. The molecular weight excluding hydrogens is 181 g/mol. The van der Waals surface area contributed by atoms with Gasteiger partial charge in [0.1, 0.15) is 5.82 Å². The minimum absolute atomic E-state index is 0.344. The van der Waals surface area contributed by atoms with E-state index in [1.165, 1.54) is 6.07 Å². The van der Waals surface area contributed by atoms with Crippen molar-refractivity contribution >= 4 is 5.69 Å². The smallest absolute Gasteiger partial charge is 0.134 e. The summed E-state index contributed by atoms with van der Waals surface area (Å²) in [5.41, 5.74) is 6.95. The van der Waals surface area contributed by atoms with Crippen LogP contribution in [-0.2, 0) is 7.05 Å². The first-order valence-corrected chi connectivity index (χ1v) is 4.22. The Morgan fingerprint density at radius 3 is 2.71 bits per heavy atom. The van der Waals surface area contributed by atoms with Crippen molar-refractivity contribution in [2.24, 2.45) is 7.05 Å². The number of rotatable bonds is 1. The molecule has 1 heterocycles. The maximum absolute atomic E-state index is 13.4. The van der Waals surface area contributed by atoms with Crippen molar-refractivity contribution in [2.45, 2.75) is 0 Å². The van der Waals surface area contributed by atoms with Gasteiger partial charge in [0, 0.05) is 24.5 Å². The van der Waals surface area contributed by atoms with E-state index in [2.05, 4.69) is 5.10 Å². The fourth-order valence-electron chi connectivity index (χ4n) is 1.30. The van der Waals surface area contributed by atoms with Gasteiger partial charge in [0.05, 0.1) is 5.69 Å². The van der Waals surface area contributed by atoms with Crippen molar-refractivity contribution in [1.29, 1.82) is 0 Å². The highest BCUT2D eigenvalue weighted by Gasteiger charge is 2.07. The van der Waals surface area contributed by atoms with E-state index < -0.39 is 0 Å². The number of benzene rings is 1. The highest BCUT2D eigenvalue weighted by atomic mass is 19.1. The molecule has 2 aromatic rings. The summed E-state index contributed by atoms with van der Waals surface area (Å²) in [4.78, 5) is 0. The van der Waals surface area contributed by atoms with E-state index in [0.717, 1.165) is 0 Å². The lowest BCUT2D eigenvalue weighted by Gasteiger charge is -2.00. The van der Waals surface area contributed by atoms with Crippen LogP contribution in [0.4, 0.5) is 10.1 Å². The summed E-state index contributed by atoms with van der Waals surface area (Å²) in [6, 6.07) is 6.35. The Balaban J connectivity index is 2.52. The largest absolute Gasteiger partial charge is 0.399 e. The first kappa shape index (κ1) is 8.74. The topological polar surface area (TPSA) is 43.8 Å². The highest BCUT2D eigenvalue weighted by Crippen LogP contribution is 2.22. The number of anilines is 1. The van der Waals surface area contributed by atoms with Gasteiger partial charge in [0.25, 0.3) is 0 Å². The quantitative estimate of drug-likeness (QED) is 0.698. The molecule has 0 aliphatic carbocycles. The number of aryl methyl sites for hydroxylation is 1. The summed E-state index contributed by atoms with van der Waals surface area (Å²) in [7, 11) is 1.79. The van der Waals surface area contributed by atoms with Crippen molar-refractivity contribution in [3.63, 3.8) is 0 Å². The van der Waals surface area contributed by atoms with Gasteiger partial charge < -0.3 is 5.73 Å². The molecule has 0 saturated heterocycles. The second-order valence-electron chi connectivity index (χ2n) is 3.11. The second-order valence-corrected chi connectivity index (χ2v) is 3.11. The molecule has 3 nitrogen and oxygen atoms in total. The first-order chi connectivity index (χ1) is 6.66. The lowest BCUT2D eigenvalue weighted by molar-refractivity contribution is 0.630. The van der Waals surface area contributed by atoms with Crippen LogP contribution < -0.4 is 5.73 Å². The van der Waals surface area contributed by atoms with Crippen LogP contribution in [0.15, 0.2) is 30.5 Å². The van der Waals surface area contributed by atoms with E-state index in [0.29, 0.717) is 16.9 Å². The lowest BCUT2D eigenvalue weighted by atomic mass is 10.1. The minimum atomic E-state index is -0.344. The Bertz CT molecular complexity index is 462. The molecule has 0 amide bonds. The highest BCUT2D eigenvalue weighted by molar-refractivity contribution is 5.62. The molecule has 0 spiro atoms. The fourth-order valence-corrected chi connectivity index (χ4v) is 1.30. The number of halogens is 1. The van der Waals surface area contributed by atoms with Crippen LogP contribution in [0.3, 0.4) is 0 Å². The van der Waals surface area contributed by atoms with Crippen molar-refractivity contribution < 1.29 is 4.39 Å². The molecule has 14 heavy (non-hydrogen) atoms. The van der Waals surface area contributed by atoms with Crippen LogP contribution in [0, 0.1) is 5.82 Å². The zero-order valence-electron chi connectivity index (χ0n) is 7.74. The minimum Gasteiger partial charge on any atom is -0.399 e. The summed E-state index contributed by atoms with van der Waals surface area (Å²) >= 11 is 0. The van der Waals surface area contributed by atoms with Gasteiger partial charge in [0.2, 0.25) is 0 Å². The Morgan fingerprint density at radius 1 is 1.36 bits per heavy atom. The van der Waals surface area contributed by atoms with E-state index >= 15 is 0 Å². The molecule has 0 aliphatic heterocycles. The zero-order chi connectivity index (χ0) is 10.1. The van der Waals surface area contributed by atoms with Crippen molar-refractivity contribution in [3.05, 3.63) is 36.3 Å². The van der Waals surface area contributed by atoms with Gasteiger partial charge in [-0.1, -0.05) is 0 Å². The molecular formula is C10H10FN3. The molecule has 0 aliphatic rings. The van der Waals surface area contributed by atoms with Crippen LogP contribution in [-0.4, -0.2) is 9.78 Å². The van der Waals surface area contributed by atoms with E-state index in [9.17, 15) is 4.39 Å². The predicted octanol–water partition coefficient (Wildman–Crippen LogP) is 1.81. The van der Waals surface area contributed by atoms with Gasteiger partial charge in [-0.3, -0.25) is 4.68 Å². The summed E-state index contributed by atoms with van der Waals surface area (Å²) in [5, 5.41) is 4.11. The summed E-state index contributed by atoms with van der Waals surface area (Å²) < 4.78 is 15.0. The number of aromatic nitrogens is 2. The summed E-state index contributed by atoms with van der Waals surface area (Å²) in [6.07, 6.45) is 1.77. The van der Waals surface area contributed by atoms with Gasteiger partial charge in [0.15, 0.2) is 0 Å².